The van der Waals surface area contributed by atoms with Crippen LogP contribution in [0.5, 0.6) is 0 Å². The van der Waals surface area contributed by atoms with Crippen molar-refractivity contribution in [2.75, 3.05) is 0 Å². The zero-order chi connectivity index (χ0) is 18.1. The van der Waals surface area contributed by atoms with Gasteiger partial charge in [0.15, 0.2) is 0 Å². The molecule has 4 rings (SSSR count). The lowest BCUT2D eigenvalue weighted by molar-refractivity contribution is -0.129. The molecule has 1 aromatic rings. The fraction of sp³-hybridized carbons (Fsp3) is 0.682. The van der Waals surface area contributed by atoms with Crippen LogP contribution in [0.2, 0.25) is 0 Å². The SMILES string of the molecule is CC1(N)CCCCC1C(=O)NC1CC2CCC(C1)N2Cc1ccccc1. The number of amides is 1. The lowest BCUT2D eigenvalue weighted by Crippen LogP contribution is -2.56. The lowest BCUT2D eigenvalue weighted by Gasteiger charge is -2.41. The highest BCUT2D eigenvalue weighted by Gasteiger charge is 2.43. The first-order valence-corrected chi connectivity index (χ1v) is 10.4. The molecule has 0 spiro atoms. The maximum absolute atomic E-state index is 12.9. The van der Waals surface area contributed by atoms with Gasteiger partial charge in [-0.05, 0) is 51.0 Å². The van der Waals surface area contributed by atoms with Gasteiger partial charge in [0.2, 0.25) is 5.91 Å². The summed E-state index contributed by atoms with van der Waals surface area (Å²) in [7, 11) is 0. The molecule has 1 amide bonds. The smallest absolute Gasteiger partial charge is 0.225 e. The van der Waals surface area contributed by atoms with Crippen LogP contribution in [0.25, 0.3) is 0 Å². The molecule has 4 atom stereocenters. The van der Waals surface area contributed by atoms with Crippen molar-refractivity contribution < 1.29 is 4.79 Å². The second-order valence-corrected chi connectivity index (χ2v) is 9.02. The average Bonchev–Trinajstić information content (AvgIpc) is 2.85. The number of fused-ring (bicyclic) bond motifs is 2. The monoisotopic (exact) mass is 355 g/mol. The largest absolute Gasteiger partial charge is 0.353 e. The summed E-state index contributed by atoms with van der Waals surface area (Å²) in [5.41, 5.74) is 7.49. The Kier molecular flexibility index (Phi) is 5.07. The van der Waals surface area contributed by atoms with E-state index >= 15 is 0 Å². The normalized spacial score (nSPS) is 37.5. The summed E-state index contributed by atoms with van der Waals surface area (Å²) in [6.45, 7) is 3.10. The van der Waals surface area contributed by atoms with Gasteiger partial charge in [0, 0.05) is 30.2 Å². The fourth-order valence-corrected chi connectivity index (χ4v) is 5.54. The van der Waals surface area contributed by atoms with Crippen molar-refractivity contribution in [2.24, 2.45) is 11.7 Å². The highest BCUT2D eigenvalue weighted by Crippen LogP contribution is 2.37. The standard InChI is InChI=1S/C22H33N3O/c1-22(23)12-6-5-9-20(22)21(26)24-17-13-18-10-11-19(14-17)25(18)15-16-7-3-2-4-8-16/h2-4,7-8,17-20H,5-6,9-15,23H2,1H3,(H,24,26). The van der Waals surface area contributed by atoms with E-state index in [0.717, 1.165) is 45.1 Å². The third kappa shape index (κ3) is 3.67. The number of carbonyl (C=O) groups excluding carboxylic acids is 1. The van der Waals surface area contributed by atoms with Gasteiger partial charge in [0.05, 0.1) is 5.92 Å². The van der Waals surface area contributed by atoms with Crippen molar-refractivity contribution >= 4 is 5.91 Å². The molecule has 2 aliphatic heterocycles. The predicted octanol–water partition coefficient (Wildman–Crippen LogP) is 3.21. The molecule has 2 heterocycles. The minimum atomic E-state index is -0.338. The van der Waals surface area contributed by atoms with Crippen LogP contribution in [0.15, 0.2) is 30.3 Å². The van der Waals surface area contributed by atoms with Crippen LogP contribution in [-0.2, 0) is 11.3 Å². The molecule has 4 heteroatoms. The van der Waals surface area contributed by atoms with Gasteiger partial charge in [-0.3, -0.25) is 9.69 Å². The number of nitrogens with zero attached hydrogens (tertiary/aromatic N) is 1. The summed E-state index contributed by atoms with van der Waals surface area (Å²) in [5.74, 6) is 0.187. The van der Waals surface area contributed by atoms with E-state index in [1.165, 1.54) is 18.4 Å². The Morgan fingerprint density at radius 2 is 1.85 bits per heavy atom. The van der Waals surface area contributed by atoms with Gasteiger partial charge < -0.3 is 11.1 Å². The molecule has 1 aromatic carbocycles. The third-order valence-corrected chi connectivity index (χ3v) is 7.01. The van der Waals surface area contributed by atoms with E-state index in [0.29, 0.717) is 18.1 Å². The zero-order valence-corrected chi connectivity index (χ0v) is 16.0. The van der Waals surface area contributed by atoms with E-state index in [-0.39, 0.29) is 17.4 Å². The number of nitrogens with two attached hydrogens (primary N) is 1. The number of hydrogen-bond acceptors (Lipinski definition) is 3. The Morgan fingerprint density at radius 1 is 1.15 bits per heavy atom. The Morgan fingerprint density at radius 3 is 2.50 bits per heavy atom. The molecule has 3 fully saturated rings. The molecule has 0 aromatic heterocycles. The molecule has 3 N–H and O–H groups in total. The van der Waals surface area contributed by atoms with Gasteiger partial charge in [-0.25, -0.2) is 0 Å². The van der Waals surface area contributed by atoms with Gasteiger partial charge in [-0.15, -0.1) is 0 Å². The van der Waals surface area contributed by atoms with Crippen LogP contribution in [0.1, 0.15) is 63.9 Å². The molecule has 1 saturated carbocycles. The summed E-state index contributed by atoms with van der Waals surface area (Å²) in [4.78, 5) is 15.6. The Balaban J connectivity index is 1.36. The van der Waals surface area contributed by atoms with Gasteiger partial charge in [-0.2, -0.15) is 0 Å². The van der Waals surface area contributed by atoms with E-state index in [2.05, 4.69) is 47.5 Å². The van der Waals surface area contributed by atoms with Crippen LogP contribution in [0, 0.1) is 5.92 Å². The Hall–Kier alpha value is -1.39. The van der Waals surface area contributed by atoms with Gasteiger partial charge in [0.1, 0.15) is 0 Å². The molecular formula is C22H33N3O. The van der Waals surface area contributed by atoms with E-state index in [9.17, 15) is 4.79 Å². The van der Waals surface area contributed by atoms with Gasteiger partial charge in [-0.1, -0.05) is 43.2 Å². The van der Waals surface area contributed by atoms with Crippen molar-refractivity contribution in [3.05, 3.63) is 35.9 Å². The quantitative estimate of drug-likeness (QED) is 0.872. The van der Waals surface area contributed by atoms with Crippen molar-refractivity contribution in [3.8, 4) is 0 Å². The lowest BCUT2D eigenvalue weighted by atomic mass is 9.74. The molecule has 4 unspecified atom stereocenters. The molecule has 0 radical (unpaired) electrons. The summed E-state index contributed by atoms with van der Waals surface area (Å²) in [6, 6.07) is 12.3. The first-order valence-electron chi connectivity index (χ1n) is 10.4. The molecule has 26 heavy (non-hydrogen) atoms. The number of rotatable bonds is 4. The topological polar surface area (TPSA) is 58.4 Å². The Labute approximate surface area is 157 Å². The van der Waals surface area contributed by atoms with Crippen LogP contribution in [-0.4, -0.2) is 34.5 Å². The van der Waals surface area contributed by atoms with E-state index in [1.54, 1.807) is 0 Å². The second kappa shape index (κ2) is 7.32. The van der Waals surface area contributed by atoms with Crippen LogP contribution in [0.4, 0.5) is 0 Å². The van der Waals surface area contributed by atoms with E-state index in [4.69, 9.17) is 5.73 Å². The summed E-state index contributed by atoms with van der Waals surface area (Å²) < 4.78 is 0. The summed E-state index contributed by atoms with van der Waals surface area (Å²) >= 11 is 0. The Bertz CT molecular complexity index is 616. The first-order chi connectivity index (χ1) is 12.5. The third-order valence-electron chi connectivity index (χ3n) is 7.01. The van der Waals surface area contributed by atoms with E-state index in [1.807, 2.05) is 0 Å². The van der Waals surface area contributed by atoms with Gasteiger partial charge >= 0.3 is 0 Å². The fourth-order valence-electron chi connectivity index (χ4n) is 5.54. The van der Waals surface area contributed by atoms with Gasteiger partial charge in [0.25, 0.3) is 0 Å². The molecule has 2 bridgehead atoms. The summed E-state index contributed by atoms with van der Waals surface area (Å²) in [5, 5.41) is 3.38. The highest BCUT2D eigenvalue weighted by molar-refractivity contribution is 5.80. The van der Waals surface area contributed by atoms with Crippen LogP contribution >= 0.6 is 0 Å². The predicted molar refractivity (Wildman–Crippen MR) is 105 cm³/mol. The maximum atomic E-state index is 12.9. The molecule has 3 aliphatic rings. The number of hydrogen-bond donors (Lipinski definition) is 2. The number of piperidine rings is 1. The zero-order valence-electron chi connectivity index (χ0n) is 16.0. The second-order valence-electron chi connectivity index (χ2n) is 9.02. The number of carbonyl (C=O) groups is 1. The van der Waals surface area contributed by atoms with Crippen molar-refractivity contribution in [1.29, 1.82) is 0 Å². The molecular weight excluding hydrogens is 322 g/mol. The van der Waals surface area contributed by atoms with Crippen molar-refractivity contribution in [1.82, 2.24) is 10.2 Å². The number of benzene rings is 1. The van der Waals surface area contributed by atoms with Crippen LogP contribution in [0.3, 0.4) is 0 Å². The minimum Gasteiger partial charge on any atom is -0.353 e. The van der Waals surface area contributed by atoms with Crippen molar-refractivity contribution in [2.45, 2.75) is 88.5 Å². The first kappa shape index (κ1) is 18.0. The van der Waals surface area contributed by atoms with Crippen molar-refractivity contribution in [3.63, 3.8) is 0 Å². The molecule has 4 nitrogen and oxygen atoms in total. The average molecular weight is 356 g/mol. The molecule has 2 saturated heterocycles. The highest BCUT2D eigenvalue weighted by atomic mass is 16.2. The molecule has 1 aliphatic carbocycles. The maximum Gasteiger partial charge on any atom is 0.225 e. The minimum absolute atomic E-state index is 0.0174. The summed E-state index contributed by atoms with van der Waals surface area (Å²) in [6.07, 6.45) is 8.89. The van der Waals surface area contributed by atoms with E-state index < -0.39 is 0 Å². The van der Waals surface area contributed by atoms with Crippen LogP contribution < -0.4 is 11.1 Å². The number of nitrogens with one attached hydrogen (secondary N) is 1. The molecule has 142 valence electrons.